The van der Waals surface area contributed by atoms with Gasteiger partial charge < -0.3 is 4.74 Å². The predicted molar refractivity (Wildman–Crippen MR) is 82.8 cm³/mol. The van der Waals surface area contributed by atoms with E-state index in [0.717, 1.165) is 37.0 Å². The summed E-state index contributed by atoms with van der Waals surface area (Å²) in [6.07, 6.45) is 4.26. The second-order valence-corrected chi connectivity index (χ2v) is 5.27. The first kappa shape index (κ1) is 16.0. The van der Waals surface area contributed by atoms with Gasteiger partial charge in [-0.1, -0.05) is 60.3 Å². The maximum atomic E-state index is 9.69. The normalized spacial score (nSPS) is 13.6. The summed E-state index contributed by atoms with van der Waals surface area (Å²) in [5.74, 6) is 0.836. The molecule has 0 bridgehead atoms. The maximum absolute atomic E-state index is 9.69. The third kappa shape index (κ3) is 3.98. The molecular formula is C16H22BrNO. The van der Waals surface area contributed by atoms with Crippen molar-refractivity contribution in [2.75, 3.05) is 11.9 Å². The molecule has 0 aliphatic rings. The van der Waals surface area contributed by atoms with E-state index >= 15 is 0 Å². The van der Waals surface area contributed by atoms with Crippen molar-refractivity contribution in [1.82, 2.24) is 0 Å². The van der Waals surface area contributed by atoms with Crippen molar-refractivity contribution in [2.24, 2.45) is 0 Å². The summed E-state index contributed by atoms with van der Waals surface area (Å²) >= 11 is 3.53. The summed E-state index contributed by atoms with van der Waals surface area (Å²) in [6.45, 7) is 4.77. The van der Waals surface area contributed by atoms with Crippen molar-refractivity contribution in [3.05, 3.63) is 29.8 Å². The lowest BCUT2D eigenvalue weighted by Gasteiger charge is -2.27. The van der Waals surface area contributed by atoms with Gasteiger partial charge in [-0.25, -0.2) is 0 Å². The van der Waals surface area contributed by atoms with Crippen LogP contribution in [0.4, 0.5) is 0 Å². The van der Waals surface area contributed by atoms with E-state index in [1.54, 1.807) is 0 Å². The van der Waals surface area contributed by atoms with Crippen LogP contribution in [0.5, 0.6) is 5.75 Å². The number of halogens is 1. The van der Waals surface area contributed by atoms with Gasteiger partial charge in [0.25, 0.3) is 0 Å². The van der Waals surface area contributed by atoms with Crippen molar-refractivity contribution in [1.29, 1.82) is 5.26 Å². The summed E-state index contributed by atoms with van der Waals surface area (Å²) in [6, 6.07) is 10.4. The quantitative estimate of drug-likeness (QED) is 0.507. The minimum Gasteiger partial charge on any atom is -0.494 e. The Kier molecular flexibility index (Phi) is 6.94. The van der Waals surface area contributed by atoms with E-state index < -0.39 is 5.41 Å². The second kappa shape index (κ2) is 8.22. The number of unbranched alkanes of at least 4 members (excludes halogenated alkanes) is 2. The predicted octanol–water partition coefficient (Wildman–Crippen LogP) is 4.82. The molecule has 0 N–H and O–H groups in total. The Morgan fingerprint density at radius 3 is 2.58 bits per heavy atom. The monoisotopic (exact) mass is 323 g/mol. The molecule has 0 amide bonds. The molecule has 1 unspecified atom stereocenters. The largest absolute Gasteiger partial charge is 0.494 e. The van der Waals surface area contributed by atoms with Gasteiger partial charge in [0.05, 0.1) is 18.1 Å². The zero-order valence-electron chi connectivity index (χ0n) is 11.8. The van der Waals surface area contributed by atoms with E-state index in [-0.39, 0.29) is 0 Å². The topological polar surface area (TPSA) is 33.0 Å². The molecular weight excluding hydrogens is 302 g/mol. The highest BCUT2D eigenvalue weighted by atomic mass is 79.9. The molecule has 0 heterocycles. The van der Waals surface area contributed by atoms with Gasteiger partial charge in [-0.3, -0.25) is 0 Å². The molecule has 2 nitrogen and oxygen atoms in total. The summed E-state index contributed by atoms with van der Waals surface area (Å²) in [5, 5.41) is 10.3. The summed E-state index contributed by atoms with van der Waals surface area (Å²) in [5.41, 5.74) is 0.522. The standard InChI is InChI=1S/C16H22BrNO/c1-3-5-8-11-16(12-17,13-18)14-9-6-7-10-15(14)19-4-2/h6-7,9-10H,3-5,8,11-12H2,1-2H3. The Bertz CT molecular complexity index is 427. The van der Waals surface area contributed by atoms with Gasteiger partial charge in [0.1, 0.15) is 5.75 Å². The number of nitriles is 1. The Morgan fingerprint density at radius 2 is 2.00 bits per heavy atom. The molecule has 1 aromatic rings. The molecule has 1 rings (SSSR count). The van der Waals surface area contributed by atoms with Crippen LogP contribution in [0, 0.1) is 11.3 Å². The lowest BCUT2D eigenvalue weighted by Crippen LogP contribution is -2.27. The minimum atomic E-state index is -0.485. The fraction of sp³-hybridized carbons (Fsp3) is 0.562. The van der Waals surface area contributed by atoms with Crippen LogP contribution < -0.4 is 4.74 Å². The molecule has 19 heavy (non-hydrogen) atoms. The zero-order valence-corrected chi connectivity index (χ0v) is 13.4. The van der Waals surface area contributed by atoms with Crippen molar-refractivity contribution >= 4 is 15.9 Å². The molecule has 0 fully saturated rings. The first-order valence-electron chi connectivity index (χ1n) is 6.93. The van der Waals surface area contributed by atoms with E-state index in [1.165, 1.54) is 0 Å². The number of nitrogens with zero attached hydrogens (tertiary/aromatic N) is 1. The molecule has 0 aliphatic heterocycles. The number of hydrogen-bond acceptors (Lipinski definition) is 2. The van der Waals surface area contributed by atoms with Gasteiger partial charge in [-0.15, -0.1) is 0 Å². The lowest BCUT2D eigenvalue weighted by molar-refractivity contribution is 0.329. The fourth-order valence-corrected chi connectivity index (χ4v) is 2.95. The number of benzene rings is 1. The van der Waals surface area contributed by atoms with Gasteiger partial charge in [-0.2, -0.15) is 5.26 Å². The molecule has 0 aliphatic carbocycles. The third-order valence-electron chi connectivity index (χ3n) is 3.35. The van der Waals surface area contributed by atoms with Crippen LogP contribution in [0.2, 0.25) is 0 Å². The highest BCUT2D eigenvalue weighted by Gasteiger charge is 2.33. The molecule has 1 aromatic carbocycles. The number of rotatable bonds is 8. The van der Waals surface area contributed by atoms with Crippen LogP contribution in [-0.4, -0.2) is 11.9 Å². The smallest absolute Gasteiger partial charge is 0.124 e. The van der Waals surface area contributed by atoms with Gasteiger partial charge >= 0.3 is 0 Å². The van der Waals surface area contributed by atoms with Crippen molar-refractivity contribution in [2.45, 2.75) is 44.9 Å². The minimum absolute atomic E-state index is 0.485. The molecule has 0 saturated carbocycles. The van der Waals surface area contributed by atoms with E-state index in [4.69, 9.17) is 4.74 Å². The van der Waals surface area contributed by atoms with Gasteiger partial charge in [0.2, 0.25) is 0 Å². The number of alkyl halides is 1. The summed E-state index contributed by atoms with van der Waals surface area (Å²) < 4.78 is 5.68. The van der Waals surface area contributed by atoms with Crippen LogP contribution in [0.1, 0.15) is 45.1 Å². The van der Waals surface area contributed by atoms with E-state index in [2.05, 4.69) is 28.9 Å². The van der Waals surface area contributed by atoms with Gasteiger partial charge in [-0.05, 0) is 19.4 Å². The van der Waals surface area contributed by atoms with Crippen molar-refractivity contribution in [3.8, 4) is 11.8 Å². The molecule has 0 spiro atoms. The summed E-state index contributed by atoms with van der Waals surface area (Å²) in [4.78, 5) is 0. The first-order valence-corrected chi connectivity index (χ1v) is 8.05. The van der Waals surface area contributed by atoms with Crippen molar-refractivity contribution in [3.63, 3.8) is 0 Å². The number of ether oxygens (including phenoxy) is 1. The highest BCUT2D eigenvalue weighted by Crippen LogP contribution is 2.37. The van der Waals surface area contributed by atoms with Crippen molar-refractivity contribution < 1.29 is 4.74 Å². The number of hydrogen-bond donors (Lipinski definition) is 0. The molecule has 1 atom stereocenters. The molecule has 0 radical (unpaired) electrons. The molecule has 0 aromatic heterocycles. The molecule has 3 heteroatoms. The highest BCUT2D eigenvalue weighted by molar-refractivity contribution is 9.09. The second-order valence-electron chi connectivity index (χ2n) is 4.71. The van der Waals surface area contributed by atoms with Crippen LogP contribution in [-0.2, 0) is 5.41 Å². The average Bonchev–Trinajstić information content (AvgIpc) is 2.45. The van der Waals surface area contributed by atoms with Crippen LogP contribution >= 0.6 is 15.9 Å². The fourth-order valence-electron chi connectivity index (χ4n) is 2.24. The van der Waals surface area contributed by atoms with E-state index in [0.29, 0.717) is 11.9 Å². The maximum Gasteiger partial charge on any atom is 0.124 e. The van der Waals surface area contributed by atoms with Crippen LogP contribution in [0.25, 0.3) is 0 Å². The Labute approximate surface area is 124 Å². The summed E-state index contributed by atoms with van der Waals surface area (Å²) in [7, 11) is 0. The van der Waals surface area contributed by atoms with E-state index in [1.807, 2.05) is 31.2 Å². The van der Waals surface area contributed by atoms with Crippen LogP contribution in [0.3, 0.4) is 0 Å². The van der Waals surface area contributed by atoms with E-state index in [9.17, 15) is 5.26 Å². The van der Waals surface area contributed by atoms with Crippen LogP contribution in [0.15, 0.2) is 24.3 Å². The SMILES string of the molecule is CCCCCC(C#N)(CBr)c1ccccc1OCC. The number of para-hydroxylation sites is 1. The average molecular weight is 324 g/mol. The Hall–Kier alpha value is -1.01. The molecule has 104 valence electrons. The lowest BCUT2D eigenvalue weighted by atomic mass is 9.79. The Balaban J connectivity index is 3.07. The van der Waals surface area contributed by atoms with Gasteiger partial charge in [0, 0.05) is 10.9 Å². The third-order valence-corrected chi connectivity index (χ3v) is 4.31. The Morgan fingerprint density at radius 1 is 1.26 bits per heavy atom. The zero-order chi connectivity index (χ0) is 14.1. The first-order chi connectivity index (χ1) is 9.24. The molecule has 0 saturated heterocycles. The van der Waals surface area contributed by atoms with Gasteiger partial charge in [0.15, 0.2) is 0 Å².